The molecule has 2 aromatic heterocycles. The summed E-state index contributed by atoms with van der Waals surface area (Å²) in [5, 5.41) is 7.15. The summed E-state index contributed by atoms with van der Waals surface area (Å²) in [6.45, 7) is 2.57. The molecule has 0 radical (unpaired) electrons. The van der Waals surface area contributed by atoms with Crippen LogP contribution in [0.15, 0.2) is 54.3 Å². The molecule has 2 saturated heterocycles. The fourth-order valence-electron chi connectivity index (χ4n) is 4.57. The first-order valence-corrected chi connectivity index (χ1v) is 10.2. The smallest absolute Gasteiger partial charge is 0.244 e. The lowest BCUT2D eigenvalue weighted by Gasteiger charge is -2.30. The summed E-state index contributed by atoms with van der Waals surface area (Å²) in [6.07, 6.45) is 5.27. The number of rotatable bonds is 4. The molecule has 144 valence electrons. The number of hydrogen-bond acceptors (Lipinski definition) is 5. The Balaban J connectivity index is 1.44. The molecule has 2 aliphatic rings. The summed E-state index contributed by atoms with van der Waals surface area (Å²) in [5.74, 6) is 0.356. The standard InChI is InChI=1S/C20H20FN5OS/c21-16-4-1-3-14(9-16)19-17-12-24(20-22-6-8-28-20)10-15(17)11-26(19)18(27)13-25-7-2-5-23-25/h1-9,15,17,19H,10-13H2/t15-,17-,19-/m0/s1. The zero-order chi connectivity index (χ0) is 19.1. The first kappa shape index (κ1) is 17.4. The molecule has 0 bridgehead atoms. The van der Waals surface area contributed by atoms with Gasteiger partial charge in [-0.05, 0) is 23.8 Å². The van der Waals surface area contributed by atoms with Gasteiger partial charge >= 0.3 is 0 Å². The molecule has 0 saturated carbocycles. The molecule has 0 unspecified atom stereocenters. The molecule has 0 N–H and O–H groups in total. The SMILES string of the molecule is O=C(Cn1cccn1)N1C[C@@H]2CN(c3nccs3)C[C@@H]2[C@@H]1c1cccc(F)c1. The largest absolute Gasteiger partial charge is 0.347 e. The van der Waals surface area contributed by atoms with E-state index in [1.54, 1.807) is 40.5 Å². The van der Waals surface area contributed by atoms with Gasteiger partial charge in [-0.2, -0.15) is 5.10 Å². The molecule has 3 aromatic rings. The summed E-state index contributed by atoms with van der Waals surface area (Å²) in [5.41, 5.74) is 0.863. The van der Waals surface area contributed by atoms with Gasteiger partial charge in [0.05, 0.1) is 6.04 Å². The van der Waals surface area contributed by atoms with Crippen molar-refractivity contribution in [3.05, 3.63) is 65.7 Å². The third-order valence-electron chi connectivity index (χ3n) is 5.72. The monoisotopic (exact) mass is 397 g/mol. The predicted octanol–water partition coefficient (Wildman–Crippen LogP) is 2.81. The average Bonchev–Trinajstić information content (AvgIpc) is 3.44. The summed E-state index contributed by atoms with van der Waals surface area (Å²) in [6, 6.07) is 8.34. The first-order chi connectivity index (χ1) is 13.7. The van der Waals surface area contributed by atoms with Crippen molar-refractivity contribution in [3.63, 3.8) is 0 Å². The molecule has 6 nitrogen and oxygen atoms in total. The summed E-state index contributed by atoms with van der Waals surface area (Å²) < 4.78 is 15.6. The Labute approximate surface area is 166 Å². The van der Waals surface area contributed by atoms with Gasteiger partial charge in [-0.3, -0.25) is 9.48 Å². The van der Waals surface area contributed by atoms with E-state index in [9.17, 15) is 9.18 Å². The highest BCUT2D eigenvalue weighted by molar-refractivity contribution is 7.13. The quantitative estimate of drug-likeness (QED) is 0.679. The van der Waals surface area contributed by atoms with Gasteiger partial charge < -0.3 is 9.80 Å². The van der Waals surface area contributed by atoms with E-state index in [4.69, 9.17) is 0 Å². The maximum atomic E-state index is 14.0. The topological polar surface area (TPSA) is 54.3 Å². The van der Waals surface area contributed by atoms with Gasteiger partial charge in [0.2, 0.25) is 5.91 Å². The van der Waals surface area contributed by atoms with Crippen molar-refractivity contribution in [3.8, 4) is 0 Å². The van der Waals surface area contributed by atoms with E-state index < -0.39 is 0 Å². The maximum absolute atomic E-state index is 14.0. The van der Waals surface area contributed by atoms with Crippen LogP contribution < -0.4 is 4.90 Å². The van der Waals surface area contributed by atoms with Crippen molar-refractivity contribution in [2.24, 2.45) is 11.8 Å². The van der Waals surface area contributed by atoms with E-state index in [1.165, 1.54) is 6.07 Å². The Morgan fingerprint density at radius 3 is 2.89 bits per heavy atom. The number of benzene rings is 1. The number of thiazole rings is 1. The Morgan fingerprint density at radius 2 is 2.14 bits per heavy atom. The fourth-order valence-corrected chi connectivity index (χ4v) is 5.23. The first-order valence-electron chi connectivity index (χ1n) is 9.36. The van der Waals surface area contributed by atoms with Gasteiger partial charge in [0.15, 0.2) is 5.13 Å². The van der Waals surface area contributed by atoms with Crippen LogP contribution in [0.4, 0.5) is 9.52 Å². The molecule has 1 amide bonds. The van der Waals surface area contributed by atoms with Crippen LogP contribution in [0.25, 0.3) is 0 Å². The van der Waals surface area contributed by atoms with Gasteiger partial charge in [-0.1, -0.05) is 12.1 Å². The second-order valence-corrected chi connectivity index (χ2v) is 8.27. The fraction of sp³-hybridized carbons (Fsp3) is 0.350. The van der Waals surface area contributed by atoms with Crippen LogP contribution >= 0.6 is 11.3 Å². The molecule has 8 heteroatoms. The number of anilines is 1. The Bertz CT molecular complexity index is 961. The predicted molar refractivity (Wildman–Crippen MR) is 104 cm³/mol. The van der Waals surface area contributed by atoms with Gasteiger partial charge in [0.1, 0.15) is 12.4 Å². The number of carbonyl (C=O) groups excluding carboxylic acids is 1. The zero-order valence-electron chi connectivity index (χ0n) is 15.2. The molecule has 28 heavy (non-hydrogen) atoms. The molecule has 5 rings (SSSR count). The molecule has 0 spiro atoms. The second-order valence-electron chi connectivity index (χ2n) is 7.39. The number of likely N-dealkylation sites (tertiary alicyclic amines) is 1. The minimum absolute atomic E-state index is 0.0214. The van der Waals surface area contributed by atoms with Gasteiger partial charge in [0, 0.05) is 55.4 Å². The lowest BCUT2D eigenvalue weighted by Crippen LogP contribution is -2.37. The highest BCUT2D eigenvalue weighted by atomic mass is 32.1. The van der Waals surface area contributed by atoms with Crippen LogP contribution in [0.3, 0.4) is 0 Å². The average molecular weight is 397 g/mol. The summed E-state index contributed by atoms with van der Waals surface area (Å²) in [7, 11) is 0. The van der Waals surface area contributed by atoms with E-state index in [-0.39, 0.29) is 30.2 Å². The minimum atomic E-state index is -0.268. The Hall–Kier alpha value is -2.74. The Morgan fingerprint density at radius 1 is 1.21 bits per heavy atom. The molecule has 0 aliphatic carbocycles. The lowest BCUT2D eigenvalue weighted by atomic mass is 9.89. The third-order valence-corrected chi connectivity index (χ3v) is 6.55. The van der Waals surface area contributed by atoms with E-state index in [0.29, 0.717) is 12.5 Å². The number of hydrogen-bond donors (Lipinski definition) is 0. The van der Waals surface area contributed by atoms with Crippen LogP contribution in [0, 0.1) is 17.7 Å². The van der Waals surface area contributed by atoms with Crippen LogP contribution in [-0.4, -0.2) is 45.2 Å². The van der Waals surface area contributed by atoms with Crippen molar-refractivity contribution in [2.45, 2.75) is 12.6 Å². The molecule has 2 fully saturated rings. The van der Waals surface area contributed by atoms with Crippen molar-refractivity contribution in [1.29, 1.82) is 0 Å². The molecular weight excluding hydrogens is 377 g/mol. The van der Waals surface area contributed by atoms with E-state index >= 15 is 0 Å². The van der Waals surface area contributed by atoms with Crippen molar-refractivity contribution in [1.82, 2.24) is 19.7 Å². The van der Waals surface area contributed by atoms with Crippen LogP contribution in [-0.2, 0) is 11.3 Å². The lowest BCUT2D eigenvalue weighted by molar-refractivity contribution is -0.133. The zero-order valence-corrected chi connectivity index (χ0v) is 16.0. The molecule has 3 atom stereocenters. The molecule has 1 aromatic carbocycles. The van der Waals surface area contributed by atoms with E-state index in [2.05, 4.69) is 15.0 Å². The van der Waals surface area contributed by atoms with Crippen molar-refractivity contribution >= 4 is 22.4 Å². The molecular formula is C20H20FN5OS. The second kappa shape index (κ2) is 7.01. The van der Waals surface area contributed by atoms with Crippen LogP contribution in [0.1, 0.15) is 11.6 Å². The number of halogens is 1. The Kier molecular flexibility index (Phi) is 4.35. The van der Waals surface area contributed by atoms with Crippen LogP contribution in [0.2, 0.25) is 0 Å². The van der Waals surface area contributed by atoms with Crippen LogP contribution in [0.5, 0.6) is 0 Å². The molecule has 2 aliphatic heterocycles. The highest BCUT2D eigenvalue weighted by Gasteiger charge is 2.49. The number of carbonyl (C=O) groups is 1. The van der Waals surface area contributed by atoms with Crippen molar-refractivity contribution in [2.75, 3.05) is 24.5 Å². The van der Waals surface area contributed by atoms with Gasteiger partial charge in [-0.25, -0.2) is 9.37 Å². The van der Waals surface area contributed by atoms with Gasteiger partial charge in [-0.15, -0.1) is 11.3 Å². The summed E-state index contributed by atoms with van der Waals surface area (Å²) in [4.78, 5) is 21.7. The van der Waals surface area contributed by atoms with Crippen molar-refractivity contribution < 1.29 is 9.18 Å². The maximum Gasteiger partial charge on any atom is 0.244 e. The summed E-state index contributed by atoms with van der Waals surface area (Å²) >= 11 is 1.63. The van der Waals surface area contributed by atoms with E-state index in [0.717, 1.165) is 23.8 Å². The number of amides is 1. The highest BCUT2D eigenvalue weighted by Crippen LogP contribution is 2.46. The molecule has 4 heterocycles. The van der Waals surface area contributed by atoms with E-state index in [1.807, 2.05) is 28.6 Å². The minimum Gasteiger partial charge on any atom is -0.347 e. The number of nitrogens with zero attached hydrogens (tertiary/aromatic N) is 5. The third kappa shape index (κ3) is 3.07. The normalized spacial score (nSPS) is 24.0. The van der Waals surface area contributed by atoms with Gasteiger partial charge in [0.25, 0.3) is 0 Å². The number of fused-ring (bicyclic) bond motifs is 1. The number of aromatic nitrogens is 3.